The van der Waals surface area contributed by atoms with Crippen molar-refractivity contribution in [2.45, 2.75) is 25.3 Å². The Bertz CT molecular complexity index is 2180. The van der Waals surface area contributed by atoms with Crippen LogP contribution < -0.4 is 16.0 Å². The van der Waals surface area contributed by atoms with Gasteiger partial charge in [0, 0.05) is 42.1 Å². The highest BCUT2D eigenvalue weighted by Gasteiger charge is 2.28. The monoisotopic (exact) mass is 607 g/mol. The molecule has 2 aromatic carbocycles. The van der Waals surface area contributed by atoms with Gasteiger partial charge >= 0.3 is 0 Å². The molecule has 46 heavy (non-hydrogen) atoms. The summed E-state index contributed by atoms with van der Waals surface area (Å²) in [6.07, 6.45) is 8.84. The Kier molecular flexibility index (Phi) is 6.45. The van der Waals surface area contributed by atoms with Crippen LogP contribution in [-0.2, 0) is 17.6 Å². The van der Waals surface area contributed by atoms with Crippen LogP contribution in [0.4, 0.5) is 11.5 Å². The first-order valence-electron chi connectivity index (χ1n) is 15.1. The number of fused-ring (bicyclic) bond motifs is 3. The Morgan fingerprint density at radius 3 is 2.72 bits per heavy atom. The molecule has 8 rings (SSSR count). The average molecular weight is 608 g/mol. The van der Waals surface area contributed by atoms with E-state index in [1.807, 2.05) is 59.3 Å². The smallest absolute Gasteiger partial charge is 0.251 e. The van der Waals surface area contributed by atoms with Gasteiger partial charge in [0.05, 0.1) is 11.6 Å². The number of carbonyl (C=O) groups excluding carboxylic acids is 2. The van der Waals surface area contributed by atoms with Crippen molar-refractivity contribution < 1.29 is 9.59 Å². The van der Waals surface area contributed by atoms with Gasteiger partial charge in [-0.2, -0.15) is 5.10 Å². The molecule has 0 spiro atoms. The van der Waals surface area contributed by atoms with Crippen molar-refractivity contribution in [3.8, 4) is 22.9 Å². The van der Waals surface area contributed by atoms with Crippen LogP contribution in [0.3, 0.4) is 0 Å². The van der Waals surface area contributed by atoms with Gasteiger partial charge in [0.2, 0.25) is 5.91 Å². The fraction of sp³-hybridized carbons (Fsp3) is 0.143. The third-order valence-electron chi connectivity index (χ3n) is 8.76. The zero-order valence-electron chi connectivity index (χ0n) is 24.8. The second kappa shape index (κ2) is 10.8. The van der Waals surface area contributed by atoms with Crippen molar-refractivity contribution in [3.63, 3.8) is 0 Å². The molecular formula is C35H29N9O2. The number of pyridine rings is 2. The first-order chi connectivity index (χ1) is 22.5. The van der Waals surface area contributed by atoms with E-state index in [1.165, 1.54) is 6.08 Å². The van der Waals surface area contributed by atoms with Crippen LogP contribution in [0.15, 0.2) is 98.0 Å². The molecule has 5 heterocycles. The molecule has 0 saturated carbocycles. The second-order valence-electron chi connectivity index (χ2n) is 11.4. The topological polar surface area (TPSA) is 137 Å². The van der Waals surface area contributed by atoms with Gasteiger partial charge in [0.1, 0.15) is 11.3 Å². The standard InChI is InChI=1S/C35H29N9O2/c1-2-31(45)42-18-14-21-6-7-23(20-29(21)42)35(46)40-27-11-8-22-19-24(9-10-25(22)27)44-33(26-5-3-15-37-32(26)36)39-28-12-13-30(41-34(28)44)43-17-4-16-38-43/h2-7,9-10,12-13,15-17,19-20,27H,1,8,11,14,18H2,(H2,36,37)(H,40,46). The molecule has 0 radical (unpaired) electrons. The number of aryl methyl sites for hydroxylation is 1. The Balaban J connectivity index is 1.14. The molecule has 0 saturated heterocycles. The number of imidazole rings is 1. The normalized spacial score (nSPS) is 15.1. The van der Waals surface area contributed by atoms with Gasteiger partial charge in [-0.1, -0.05) is 18.7 Å². The van der Waals surface area contributed by atoms with Crippen molar-refractivity contribution in [2.24, 2.45) is 0 Å². The number of amides is 2. The number of hydrogen-bond donors (Lipinski definition) is 2. The Morgan fingerprint density at radius 1 is 0.978 bits per heavy atom. The van der Waals surface area contributed by atoms with Crippen LogP contribution in [0.25, 0.3) is 34.1 Å². The molecule has 0 bridgehead atoms. The van der Waals surface area contributed by atoms with E-state index < -0.39 is 0 Å². The number of benzene rings is 2. The summed E-state index contributed by atoms with van der Waals surface area (Å²) in [6, 6.07) is 21.0. The highest BCUT2D eigenvalue weighted by molar-refractivity contribution is 6.04. The maximum absolute atomic E-state index is 13.4. The number of nitrogens with two attached hydrogens (primary N) is 1. The zero-order valence-corrected chi connectivity index (χ0v) is 24.8. The van der Waals surface area contributed by atoms with Gasteiger partial charge in [-0.05, 0) is 96.6 Å². The largest absolute Gasteiger partial charge is 0.383 e. The summed E-state index contributed by atoms with van der Waals surface area (Å²) in [6.45, 7) is 4.20. The van der Waals surface area contributed by atoms with Crippen LogP contribution in [0.1, 0.15) is 39.5 Å². The molecule has 2 aliphatic rings. The second-order valence-corrected chi connectivity index (χ2v) is 11.4. The van der Waals surface area contributed by atoms with Crippen molar-refractivity contribution in [1.29, 1.82) is 0 Å². The van der Waals surface area contributed by atoms with Crippen LogP contribution in [-0.4, -0.2) is 47.7 Å². The summed E-state index contributed by atoms with van der Waals surface area (Å²) in [4.78, 5) is 41.6. The predicted octanol–water partition coefficient (Wildman–Crippen LogP) is 4.74. The number of aromatic nitrogens is 6. The van der Waals surface area contributed by atoms with E-state index in [1.54, 1.807) is 28.0 Å². The number of rotatable bonds is 6. The Labute approximate surface area is 264 Å². The molecule has 11 nitrogen and oxygen atoms in total. The molecule has 11 heteroatoms. The van der Waals surface area contributed by atoms with Crippen LogP contribution in [0.2, 0.25) is 0 Å². The number of nitrogens with zero attached hydrogens (tertiary/aromatic N) is 7. The molecule has 0 fully saturated rings. The van der Waals surface area contributed by atoms with Crippen molar-refractivity contribution in [1.82, 2.24) is 34.6 Å². The number of carbonyl (C=O) groups is 2. The highest BCUT2D eigenvalue weighted by Crippen LogP contribution is 2.36. The average Bonchev–Trinajstić information content (AvgIpc) is 3.89. The molecule has 226 valence electrons. The van der Waals surface area contributed by atoms with Crippen LogP contribution >= 0.6 is 0 Å². The maximum Gasteiger partial charge on any atom is 0.251 e. The summed E-state index contributed by atoms with van der Waals surface area (Å²) < 4.78 is 3.71. The minimum atomic E-state index is -0.173. The highest BCUT2D eigenvalue weighted by atomic mass is 16.2. The predicted molar refractivity (Wildman–Crippen MR) is 175 cm³/mol. The molecule has 2 amide bonds. The van der Waals surface area contributed by atoms with E-state index in [0.29, 0.717) is 46.3 Å². The molecule has 3 N–H and O–H groups in total. The number of nitrogens with one attached hydrogen (secondary N) is 1. The van der Waals surface area contributed by atoms with Crippen molar-refractivity contribution >= 4 is 34.5 Å². The fourth-order valence-electron chi connectivity index (χ4n) is 6.51. The van der Waals surface area contributed by atoms with Crippen LogP contribution in [0, 0.1) is 0 Å². The van der Waals surface area contributed by atoms with Gasteiger partial charge in [0.15, 0.2) is 17.3 Å². The number of anilines is 2. The summed E-state index contributed by atoms with van der Waals surface area (Å²) in [5, 5.41) is 7.57. The number of hydrogen-bond acceptors (Lipinski definition) is 7. The lowest BCUT2D eigenvalue weighted by atomic mass is 10.1. The van der Waals surface area contributed by atoms with E-state index in [-0.39, 0.29) is 17.9 Å². The van der Waals surface area contributed by atoms with Gasteiger partial charge in [-0.25, -0.2) is 19.6 Å². The Morgan fingerprint density at radius 2 is 1.89 bits per heavy atom. The zero-order chi connectivity index (χ0) is 31.4. The number of nitrogen functional groups attached to an aromatic ring is 1. The first kappa shape index (κ1) is 27.4. The minimum absolute atomic E-state index is 0.145. The van der Waals surface area contributed by atoms with Crippen molar-refractivity contribution in [2.75, 3.05) is 17.2 Å². The van der Waals surface area contributed by atoms with E-state index in [0.717, 1.165) is 47.3 Å². The Hall–Kier alpha value is -6.10. The fourth-order valence-corrected chi connectivity index (χ4v) is 6.51. The molecule has 1 unspecified atom stereocenters. The minimum Gasteiger partial charge on any atom is -0.383 e. The molecule has 1 aliphatic heterocycles. The quantitative estimate of drug-likeness (QED) is 0.261. The summed E-state index contributed by atoms with van der Waals surface area (Å²) in [5.74, 6) is 1.34. The molecule has 6 aromatic rings. The van der Waals surface area contributed by atoms with Gasteiger partial charge in [-0.3, -0.25) is 14.2 Å². The molecule has 4 aromatic heterocycles. The lowest BCUT2D eigenvalue weighted by molar-refractivity contribution is -0.114. The third-order valence-corrected chi connectivity index (χ3v) is 8.76. The van der Waals surface area contributed by atoms with E-state index >= 15 is 0 Å². The van der Waals surface area contributed by atoms with Gasteiger partial charge in [0.25, 0.3) is 5.91 Å². The van der Waals surface area contributed by atoms with Gasteiger partial charge < -0.3 is 16.0 Å². The summed E-state index contributed by atoms with van der Waals surface area (Å²) in [7, 11) is 0. The molecular weight excluding hydrogens is 578 g/mol. The van der Waals surface area contributed by atoms with E-state index in [9.17, 15) is 9.59 Å². The summed E-state index contributed by atoms with van der Waals surface area (Å²) in [5.41, 5.74) is 13.8. The molecule has 1 atom stereocenters. The SMILES string of the molecule is C=CC(=O)N1CCc2ccc(C(=O)NC3CCc4cc(-n5c(-c6cccnc6N)nc6ccc(-n7cccn7)nc65)ccc43)cc21. The lowest BCUT2D eigenvalue weighted by Crippen LogP contribution is -2.28. The van der Waals surface area contributed by atoms with Gasteiger partial charge in [-0.15, -0.1) is 0 Å². The first-order valence-corrected chi connectivity index (χ1v) is 15.1. The third kappa shape index (κ3) is 4.52. The maximum atomic E-state index is 13.4. The molecule has 1 aliphatic carbocycles. The van der Waals surface area contributed by atoms with E-state index in [2.05, 4.69) is 34.1 Å². The van der Waals surface area contributed by atoms with Crippen LogP contribution in [0.5, 0.6) is 0 Å². The van der Waals surface area contributed by atoms with E-state index in [4.69, 9.17) is 15.7 Å². The van der Waals surface area contributed by atoms with Crippen molar-refractivity contribution in [3.05, 3.63) is 120 Å². The lowest BCUT2D eigenvalue weighted by Gasteiger charge is -2.18. The summed E-state index contributed by atoms with van der Waals surface area (Å²) >= 11 is 0.